The van der Waals surface area contributed by atoms with Gasteiger partial charge < -0.3 is 14.2 Å². The Bertz CT molecular complexity index is 1200. The van der Waals surface area contributed by atoms with Gasteiger partial charge >= 0.3 is 0 Å². The number of amides is 1. The number of hydrogen-bond donors (Lipinski definition) is 0. The molecule has 1 aromatic heterocycles. The van der Waals surface area contributed by atoms with Crippen LogP contribution in [0.4, 0.5) is 5.69 Å². The molecule has 4 aromatic rings. The molecule has 1 heterocycles. The second kappa shape index (κ2) is 9.52. The molecule has 0 fully saturated rings. The van der Waals surface area contributed by atoms with E-state index in [1.165, 1.54) is 0 Å². The summed E-state index contributed by atoms with van der Waals surface area (Å²) < 4.78 is 11.5. The van der Waals surface area contributed by atoms with Crippen molar-refractivity contribution in [3.05, 3.63) is 113 Å². The summed E-state index contributed by atoms with van der Waals surface area (Å²) >= 11 is 0. The third-order valence-corrected chi connectivity index (χ3v) is 5.61. The van der Waals surface area contributed by atoms with Crippen molar-refractivity contribution in [2.45, 2.75) is 33.9 Å². The van der Waals surface area contributed by atoms with E-state index in [1.54, 1.807) is 11.8 Å². The van der Waals surface area contributed by atoms with E-state index in [-0.39, 0.29) is 18.2 Å². The summed E-state index contributed by atoms with van der Waals surface area (Å²) in [5, 5.41) is 4.11. The summed E-state index contributed by atoms with van der Waals surface area (Å²) in [4.78, 5) is 15.4. The molecule has 0 aliphatic carbocycles. The number of aryl methyl sites for hydroxylation is 2. The summed E-state index contributed by atoms with van der Waals surface area (Å²) in [6.07, 6.45) is 0. The Hall–Kier alpha value is -3.86. The second-order valence-electron chi connectivity index (χ2n) is 7.77. The van der Waals surface area contributed by atoms with E-state index in [0.29, 0.717) is 17.9 Å². The molecule has 0 spiro atoms. The van der Waals surface area contributed by atoms with E-state index in [9.17, 15) is 4.79 Å². The van der Waals surface area contributed by atoms with Gasteiger partial charge in [0.05, 0.1) is 12.1 Å². The third kappa shape index (κ3) is 4.57. The zero-order valence-electron chi connectivity index (χ0n) is 18.5. The van der Waals surface area contributed by atoms with Crippen LogP contribution in [-0.2, 0) is 13.2 Å². The molecule has 0 saturated carbocycles. The van der Waals surface area contributed by atoms with Crippen LogP contribution >= 0.6 is 0 Å². The molecule has 32 heavy (non-hydrogen) atoms. The van der Waals surface area contributed by atoms with Crippen molar-refractivity contribution in [3.8, 4) is 5.75 Å². The minimum absolute atomic E-state index is 0.203. The fraction of sp³-hybridized carbons (Fsp3) is 0.185. The molecule has 0 atom stereocenters. The molecular weight excluding hydrogens is 400 g/mol. The van der Waals surface area contributed by atoms with Crippen molar-refractivity contribution in [3.63, 3.8) is 0 Å². The maximum Gasteiger partial charge on any atom is 0.281 e. The van der Waals surface area contributed by atoms with Crippen LogP contribution in [0.5, 0.6) is 5.75 Å². The summed E-state index contributed by atoms with van der Waals surface area (Å²) in [6, 6.07) is 25.4. The van der Waals surface area contributed by atoms with Crippen molar-refractivity contribution >= 4 is 11.6 Å². The minimum Gasteiger partial charge on any atom is -0.488 e. The molecule has 0 radical (unpaired) electrons. The van der Waals surface area contributed by atoms with Gasteiger partial charge in [-0.1, -0.05) is 65.8 Å². The lowest BCUT2D eigenvalue weighted by atomic mass is 10.1. The molecule has 0 bridgehead atoms. The summed E-state index contributed by atoms with van der Waals surface area (Å²) in [5.41, 5.74) is 4.97. The van der Waals surface area contributed by atoms with Gasteiger partial charge in [-0.3, -0.25) is 4.79 Å². The smallest absolute Gasteiger partial charge is 0.281 e. The fourth-order valence-corrected chi connectivity index (χ4v) is 3.54. The standard InChI is InChI=1S/C27H26N2O3/c1-19-11-10-16-25(20(19)2)31-18-24-21(3)32-28-26(24)27(30)29(23-14-8-5-9-15-23)17-22-12-6-4-7-13-22/h4-16H,17-18H2,1-3H3. The van der Waals surface area contributed by atoms with Crippen LogP contribution in [0.1, 0.15) is 38.5 Å². The predicted molar refractivity (Wildman–Crippen MR) is 125 cm³/mol. The van der Waals surface area contributed by atoms with Crippen LogP contribution in [0.3, 0.4) is 0 Å². The lowest BCUT2D eigenvalue weighted by molar-refractivity contribution is 0.0974. The SMILES string of the molecule is Cc1cccc(OCc2c(C(=O)N(Cc3ccccc3)c3ccccc3)noc2C)c1C. The second-order valence-corrected chi connectivity index (χ2v) is 7.77. The molecular formula is C27H26N2O3. The van der Waals surface area contributed by atoms with Crippen LogP contribution < -0.4 is 9.64 Å². The van der Waals surface area contributed by atoms with Crippen molar-refractivity contribution in [2.75, 3.05) is 4.90 Å². The molecule has 0 aliphatic rings. The Balaban J connectivity index is 1.64. The Labute approximate surface area is 188 Å². The van der Waals surface area contributed by atoms with Crippen LogP contribution in [0.25, 0.3) is 0 Å². The highest BCUT2D eigenvalue weighted by molar-refractivity contribution is 6.05. The molecule has 3 aromatic carbocycles. The van der Waals surface area contributed by atoms with Gasteiger partial charge in [-0.05, 0) is 55.7 Å². The highest BCUT2D eigenvalue weighted by atomic mass is 16.5. The zero-order valence-corrected chi connectivity index (χ0v) is 18.5. The lowest BCUT2D eigenvalue weighted by Gasteiger charge is -2.22. The largest absolute Gasteiger partial charge is 0.488 e. The van der Waals surface area contributed by atoms with E-state index in [1.807, 2.05) is 92.7 Å². The average Bonchev–Trinajstić information content (AvgIpc) is 3.19. The third-order valence-electron chi connectivity index (χ3n) is 5.61. The average molecular weight is 427 g/mol. The maximum absolute atomic E-state index is 13.7. The number of nitrogens with zero attached hydrogens (tertiary/aromatic N) is 2. The van der Waals surface area contributed by atoms with Gasteiger partial charge in [0.25, 0.3) is 5.91 Å². The van der Waals surface area contributed by atoms with Crippen LogP contribution in [0, 0.1) is 20.8 Å². The molecule has 4 rings (SSSR count). The summed E-state index contributed by atoms with van der Waals surface area (Å²) in [6.45, 7) is 6.49. The summed E-state index contributed by atoms with van der Waals surface area (Å²) in [7, 11) is 0. The first-order valence-electron chi connectivity index (χ1n) is 10.6. The Morgan fingerprint density at radius 1 is 0.906 bits per heavy atom. The molecule has 1 amide bonds. The van der Waals surface area contributed by atoms with Gasteiger partial charge in [0, 0.05) is 5.69 Å². The zero-order chi connectivity index (χ0) is 22.5. The number of ether oxygens (including phenoxy) is 1. The number of carbonyl (C=O) groups is 1. The lowest BCUT2D eigenvalue weighted by Crippen LogP contribution is -2.31. The van der Waals surface area contributed by atoms with Crippen molar-refractivity contribution in [1.82, 2.24) is 5.16 Å². The van der Waals surface area contributed by atoms with Gasteiger partial charge in [-0.15, -0.1) is 0 Å². The Morgan fingerprint density at radius 3 is 2.31 bits per heavy atom. The summed E-state index contributed by atoms with van der Waals surface area (Å²) in [5.74, 6) is 1.14. The maximum atomic E-state index is 13.7. The van der Waals surface area contributed by atoms with Crippen molar-refractivity contribution in [1.29, 1.82) is 0 Å². The number of anilines is 1. The number of carbonyl (C=O) groups excluding carboxylic acids is 1. The van der Waals surface area contributed by atoms with Crippen LogP contribution in [0.15, 0.2) is 83.4 Å². The molecule has 0 saturated heterocycles. The molecule has 162 valence electrons. The topological polar surface area (TPSA) is 55.6 Å². The van der Waals surface area contributed by atoms with Gasteiger partial charge in [0.15, 0.2) is 5.69 Å². The van der Waals surface area contributed by atoms with Gasteiger partial charge in [-0.25, -0.2) is 0 Å². The minimum atomic E-state index is -0.225. The highest BCUT2D eigenvalue weighted by Crippen LogP contribution is 2.26. The van der Waals surface area contributed by atoms with Crippen molar-refractivity contribution < 1.29 is 14.1 Å². The van der Waals surface area contributed by atoms with E-state index >= 15 is 0 Å². The quantitative estimate of drug-likeness (QED) is 0.362. The van der Waals surface area contributed by atoms with E-state index in [4.69, 9.17) is 9.26 Å². The Kier molecular flexibility index (Phi) is 6.36. The monoisotopic (exact) mass is 426 g/mol. The van der Waals surface area contributed by atoms with Gasteiger partial charge in [0.1, 0.15) is 18.1 Å². The number of benzene rings is 3. The number of rotatable bonds is 7. The van der Waals surface area contributed by atoms with E-state index in [2.05, 4.69) is 5.16 Å². The van der Waals surface area contributed by atoms with Crippen LogP contribution in [-0.4, -0.2) is 11.1 Å². The normalized spacial score (nSPS) is 10.7. The van der Waals surface area contributed by atoms with E-state index in [0.717, 1.165) is 28.1 Å². The van der Waals surface area contributed by atoms with Gasteiger partial charge in [0.2, 0.25) is 0 Å². The predicted octanol–water partition coefficient (Wildman–Crippen LogP) is 6.03. The molecule has 5 heteroatoms. The Morgan fingerprint density at radius 2 is 1.59 bits per heavy atom. The molecule has 5 nitrogen and oxygen atoms in total. The highest BCUT2D eigenvalue weighted by Gasteiger charge is 2.26. The molecule has 0 N–H and O–H groups in total. The van der Waals surface area contributed by atoms with E-state index < -0.39 is 0 Å². The fourth-order valence-electron chi connectivity index (χ4n) is 3.54. The first-order valence-corrected chi connectivity index (χ1v) is 10.6. The molecule has 0 aliphatic heterocycles. The van der Waals surface area contributed by atoms with Crippen LogP contribution in [0.2, 0.25) is 0 Å². The first kappa shape index (κ1) is 21.4. The number of hydrogen-bond acceptors (Lipinski definition) is 4. The number of para-hydroxylation sites is 1. The number of aromatic nitrogens is 1. The van der Waals surface area contributed by atoms with Gasteiger partial charge in [-0.2, -0.15) is 0 Å². The molecule has 0 unspecified atom stereocenters. The first-order chi connectivity index (χ1) is 15.5. The van der Waals surface area contributed by atoms with Crippen molar-refractivity contribution in [2.24, 2.45) is 0 Å².